The molecule has 0 spiro atoms. The van der Waals surface area contributed by atoms with Crippen LogP contribution >= 0.6 is 11.8 Å². The van der Waals surface area contributed by atoms with E-state index in [9.17, 15) is 0 Å². The third kappa shape index (κ3) is 3.76. The van der Waals surface area contributed by atoms with Crippen molar-refractivity contribution in [3.8, 4) is 0 Å². The van der Waals surface area contributed by atoms with Gasteiger partial charge in [-0.05, 0) is 26.6 Å². The monoisotopic (exact) mass is 295 g/mol. The van der Waals surface area contributed by atoms with Crippen molar-refractivity contribution >= 4 is 23.4 Å². The molecule has 1 fully saturated rings. The standard InChI is InChI=1S/C14H25N5S/c1-5-6-15-12-9-13(17-14(16-12)20-4)19-8-7-18(3)10-11(19)2/h9,11H,5-8,10H2,1-4H3,(H,15,16,17). The predicted molar refractivity (Wildman–Crippen MR) is 86.9 cm³/mol. The van der Waals surface area contributed by atoms with Crippen LogP contribution in [0.3, 0.4) is 0 Å². The summed E-state index contributed by atoms with van der Waals surface area (Å²) in [5, 5.41) is 4.21. The zero-order chi connectivity index (χ0) is 14.5. The lowest BCUT2D eigenvalue weighted by Crippen LogP contribution is -2.50. The van der Waals surface area contributed by atoms with Crippen LogP contribution in [-0.4, -0.2) is 60.4 Å². The quantitative estimate of drug-likeness (QED) is 0.663. The minimum absolute atomic E-state index is 0.484. The fraction of sp³-hybridized carbons (Fsp3) is 0.714. The van der Waals surface area contributed by atoms with E-state index in [1.165, 1.54) is 0 Å². The highest BCUT2D eigenvalue weighted by atomic mass is 32.2. The number of piperazine rings is 1. The molecule has 0 aliphatic carbocycles. The average molecular weight is 295 g/mol. The third-order valence-corrected chi connectivity index (χ3v) is 4.10. The van der Waals surface area contributed by atoms with Gasteiger partial charge in [0, 0.05) is 38.3 Å². The summed E-state index contributed by atoms with van der Waals surface area (Å²) >= 11 is 1.60. The largest absolute Gasteiger partial charge is 0.370 e. The molecule has 0 saturated carbocycles. The maximum absolute atomic E-state index is 4.68. The normalized spacial score (nSPS) is 20.2. The van der Waals surface area contributed by atoms with Crippen molar-refractivity contribution in [2.45, 2.75) is 31.5 Å². The Morgan fingerprint density at radius 2 is 2.20 bits per heavy atom. The highest BCUT2D eigenvalue weighted by Crippen LogP contribution is 2.23. The third-order valence-electron chi connectivity index (χ3n) is 3.56. The molecule has 1 aliphatic heterocycles. The number of aromatic nitrogens is 2. The Morgan fingerprint density at radius 1 is 1.40 bits per heavy atom. The van der Waals surface area contributed by atoms with Gasteiger partial charge in [-0.2, -0.15) is 0 Å². The van der Waals surface area contributed by atoms with Crippen LogP contribution < -0.4 is 10.2 Å². The van der Waals surface area contributed by atoms with Gasteiger partial charge in [0.05, 0.1) is 0 Å². The number of nitrogens with one attached hydrogen (secondary N) is 1. The number of anilines is 2. The molecule has 1 aliphatic rings. The van der Waals surface area contributed by atoms with E-state index >= 15 is 0 Å². The maximum Gasteiger partial charge on any atom is 0.191 e. The van der Waals surface area contributed by atoms with Crippen molar-refractivity contribution in [1.82, 2.24) is 14.9 Å². The minimum Gasteiger partial charge on any atom is -0.370 e. The molecule has 0 radical (unpaired) electrons. The van der Waals surface area contributed by atoms with Crippen molar-refractivity contribution in [3.05, 3.63) is 6.07 Å². The first-order valence-corrected chi connectivity index (χ1v) is 8.48. The van der Waals surface area contributed by atoms with Gasteiger partial charge in [-0.25, -0.2) is 9.97 Å². The number of hydrogen-bond acceptors (Lipinski definition) is 6. The van der Waals surface area contributed by atoms with E-state index in [1.54, 1.807) is 11.8 Å². The molecule has 1 unspecified atom stereocenters. The van der Waals surface area contributed by atoms with Crippen LogP contribution in [0.25, 0.3) is 0 Å². The fourth-order valence-corrected chi connectivity index (χ4v) is 2.85. The van der Waals surface area contributed by atoms with Gasteiger partial charge in [-0.1, -0.05) is 18.7 Å². The number of rotatable bonds is 5. The van der Waals surface area contributed by atoms with Gasteiger partial charge >= 0.3 is 0 Å². The van der Waals surface area contributed by atoms with Crippen LogP contribution in [0.4, 0.5) is 11.6 Å². The Kier molecular flexibility index (Phi) is 5.48. The lowest BCUT2D eigenvalue weighted by atomic mass is 10.2. The Labute approximate surface area is 126 Å². The number of hydrogen-bond donors (Lipinski definition) is 1. The van der Waals surface area contributed by atoms with E-state index in [1.807, 2.05) is 6.26 Å². The molecule has 1 atom stereocenters. The zero-order valence-corrected chi connectivity index (χ0v) is 13.7. The topological polar surface area (TPSA) is 44.3 Å². The first-order chi connectivity index (χ1) is 9.63. The summed E-state index contributed by atoms with van der Waals surface area (Å²) in [4.78, 5) is 14.0. The molecular weight excluding hydrogens is 270 g/mol. The Hall–Kier alpha value is -1.01. The van der Waals surface area contributed by atoms with E-state index in [0.29, 0.717) is 6.04 Å². The summed E-state index contributed by atoms with van der Waals surface area (Å²) < 4.78 is 0. The molecule has 0 amide bonds. The molecule has 5 nitrogen and oxygen atoms in total. The summed E-state index contributed by atoms with van der Waals surface area (Å²) in [5.41, 5.74) is 0. The van der Waals surface area contributed by atoms with Crippen molar-refractivity contribution in [1.29, 1.82) is 0 Å². The summed E-state index contributed by atoms with van der Waals surface area (Å²) in [6.07, 6.45) is 3.12. The molecule has 0 bridgehead atoms. The van der Waals surface area contributed by atoms with Crippen LogP contribution in [0.1, 0.15) is 20.3 Å². The minimum atomic E-state index is 0.484. The van der Waals surface area contributed by atoms with E-state index in [2.05, 4.69) is 52.0 Å². The molecule has 112 valence electrons. The van der Waals surface area contributed by atoms with E-state index in [4.69, 9.17) is 0 Å². The Morgan fingerprint density at radius 3 is 2.85 bits per heavy atom. The van der Waals surface area contributed by atoms with E-state index < -0.39 is 0 Å². The molecule has 1 aromatic heterocycles. The smallest absolute Gasteiger partial charge is 0.191 e. The second kappa shape index (κ2) is 7.13. The van der Waals surface area contributed by atoms with Crippen LogP contribution in [0.2, 0.25) is 0 Å². The van der Waals surface area contributed by atoms with Gasteiger partial charge < -0.3 is 15.1 Å². The number of likely N-dealkylation sites (N-methyl/N-ethyl adjacent to an activating group) is 1. The fourth-order valence-electron chi connectivity index (χ4n) is 2.48. The Bertz CT molecular complexity index is 440. The molecule has 1 N–H and O–H groups in total. The summed E-state index contributed by atoms with van der Waals surface area (Å²) in [7, 11) is 2.18. The SMILES string of the molecule is CCCNc1cc(N2CCN(C)CC2C)nc(SC)n1. The second-order valence-electron chi connectivity index (χ2n) is 5.33. The summed E-state index contributed by atoms with van der Waals surface area (Å²) in [6, 6.07) is 2.56. The van der Waals surface area contributed by atoms with Gasteiger partial charge in [0.1, 0.15) is 11.6 Å². The van der Waals surface area contributed by atoms with Gasteiger partial charge in [0.15, 0.2) is 5.16 Å². The molecule has 0 aromatic carbocycles. The van der Waals surface area contributed by atoms with Crippen molar-refractivity contribution < 1.29 is 0 Å². The van der Waals surface area contributed by atoms with E-state index in [-0.39, 0.29) is 0 Å². The number of nitrogens with zero attached hydrogens (tertiary/aromatic N) is 4. The molecule has 2 rings (SSSR count). The van der Waals surface area contributed by atoms with Crippen molar-refractivity contribution in [2.75, 3.05) is 49.7 Å². The van der Waals surface area contributed by atoms with Crippen LogP contribution in [0, 0.1) is 0 Å². The lowest BCUT2D eigenvalue weighted by Gasteiger charge is -2.39. The van der Waals surface area contributed by atoms with Crippen LogP contribution in [0.5, 0.6) is 0 Å². The molecular formula is C14H25N5S. The highest BCUT2D eigenvalue weighted by molar-refractivity contribution is 7.98. The van der Waals surface area contributed by atoms with Crippen molar-refractivity contribution in [2.24, 2.45) is 0 Å². The first-order valence-electron chi connectivity index (χ1n) is 7.26. The molecule has 20 heavy (non-hydrogen) atoms. The van der Waals surface area contributed by atoms with Crippen LogP contribution in [0.15, 0.2) is 11.2 Å². The summed E-state index contributed by atoms with van der Waals surface area (Å²) in [5.74, 6) is 1.98. The lowest BCUT2D eigenvalue weighted by molar-refractivity contribution is 0.274. The highest BCUT2D eigenvalue weighted by Gasteiger charge is 2.23. The summed E-state index contributed by atoms with van der Waals surface area (Å²) in [6.45, 7) is 8.55. The van der Waals surface area contributed by atoms with Gasteiger partial charge in [-0.15, -0.1) is 0 Å². The van der Waals surface area contributed by atoms with Gasteiger partial charge in [-0.3, -0.25) is 0 Å². The maximum atomic E-state index is 4.68. The number of thioether (sulfide) groups is 1. The first kappa shape index (κ1) is 15.4. The Balaban J connectivity index is 2.21. The molecule has 1 saturated heterocycles. The van der Waals surface area contributed by atoms with Crippen LogP contribution in [-0.2, 0) is 0 Å². The van der Waals surface area contributed by atoms with Gasteiger partial charge in [0.2, 0.25) is 0 Å². The molecule has 1 aromatic rings. The molecule has 6 heteroatoms. The van der Waals surface area contributed by atoms with Gasteiger partial charge in [0.25, 0.3) is 0 Å². The molecule has 2 heterocycles. The zero-order valence-electron chi connectivity index (χ0n) is 12.9. The predicted octanol–water partition coefficient (Wildman–Crippen LogP) is 2.16. The average Bonchev–Trinajstić information content (AvgIpc) is 2.44. The second-order valence-corrected chi connectivity index (χ2v) is 6.10. The van der Waals surface area contributed by atoms with Crippen molar-refractivity contribution in [3.63, 3.8) is 0 Å². The van der Waals surface area contributed by atoms with E-state index in [0.717, 1.165) is 49.4 Å².